The van der Waals surface area contributed by atoms with Crippen molar-refractivity contribution in [1.82, 2.24) is 0 Å². The molecule has 0 aromatic heterocycles. The summed E-state index contributed by atoms with van der Waals surface area (Å²) < 4.78 is 0.894. The molecule has 2 aliphatic rings. The molecule has 4 rings (SSSR count). The van der Waals surface area contributed by atoms with Crippen LogP contribution in [0.15, 0.2) is 48.5 Å². The molecule has 1 fully saturated rings. The summed E-state index contributed by atoms with van der Waals surface area (Å²) in [5.41, 5.74) is 5.14. The zero-order valence-corrected chi connectivity index (χ0v) is 19.0. The van der Waals surface area contributed by atoms with Crippen LogP contribution in [0.3, 0.4) is 0 Å². The van der Waals surface area contributed by atoms with Crippen molar-refractivity contribution in [2.75, 3.05) is 25.0 Å². The molecule has 1 amide bonds. The molecular weight excluding hydrogens is 409 g/mol. The third-order valence-corrected chi connectivity index (χ3v) is 6.02. The van der Waals surface area contributed by atoms with Crippen LogP contribution in [0.2, 0.25) is 0 Å². The van der Waals surface area contributed by atoms with E-state index in [0.717, 1.165) is 42.6 Å². The third-order valence-electron chi connectivity index (χ3n) is 6.02. The van der Waals surface area contributed by atoms with E-state index in [9.17, 15) is 4.79 Å². The minimum atomic E-state index is 0. The molecule has 1 N–H and O–H groups in total. The van der Waals surface area contributed by atoms with Gasteiger partial charge in [0, 0.05) is 44.0 Å². The number of aryl methyl sites for hydroxylation is 1. The first-order valence-electron chi connectivity index (χ1n) is 10.0. The van der Waals surface area contributed by atoms with Crippen LogP contribution in [-0.4, -0.2) is 30.0 Å². The quantitative estimate of drug-likeness (QED) is 0.693. The smallest absolute Gasteiger partial charge is 0.279 e. The SMILES string of the molecule is O=C(C[N+]1(Cc2ccccc2)CCCCC1)Nc1cccc2c1CCC2.[Y]. The summed E-state index contributed by atoms with van der Waals surface area (Å²) in [6, 6.07) is 17.0. The third kappa shape index (κ3) is 5.07. The fourth-order valence-corrected chi connectivity index (χ4v) is 4.76. The van der Waals surface area contributed by atoms with Gasteiger partial charge in [-0.3, -0.25) is 4.79 Å². The van der Waals surface area contributed by atoms with Gasteiger partial charge in [0.25, 0.3) is 5.91 Å². The van der Waals surface area contributed by atoms with E-state index in [4.69, 9.17) is 0 Å². The van der Waals surface area contributed by atoms with Gasteiger partial charge >= 0.3 is 0 Å². The van der Waals surface area contributed by atoms with E-state index < -0.39 is 0 Å². The molecular formula is C23H29N2OY+. The molecule has 1 radical (unpaired) electrons. The van der Waals surface area contributed by atoms with Crippen molar-refractivity contribution in [2.45, 2.75) is 45.1 Å². The van der Waals surface area contributed by atoms with E-state index in [1.165, 1.54) is 42.4 Å². The number of carbonyl (C=O) groups is 1. The molecule has 0 atom stereocenters. The standard InChI is InChI=1S/C23H28N2O.Y/c26-23(24-22-14-8-12-20-11-7-13-21(20)22)18-25(15-5-2-6-16-25)17-19-9-3-1-4-10-19;/h1,3-4,8-10,12,14H,2,5-7,11,13,15-18H2;/p+1. The molecule has 0 spiro atoms. The number of hydrogen-bond donors (Lipinski definition) is 1. The first kappa shape index (κ1) is 20.7. The zero-order valence-electron chi connectivity index (χ0n) is 16.1. The second-order valence-corrected chi connectivity index (χ2v) is 8.00. The predicted molar refractivity (Wildman–Crippen MR) is 106 cm³/mol. The molecule has 0 bridgehead atoms. The van der Waals surface area contributed by atoms with Gasteiger partial charge in [0.15, 0.2) is 6.54 Å². The van der Waals surface area contributed by atoms with Crippen LogP contribution in [-0.2, 0) is 56.9 Å². The van der Waals surface area contributed by atoms with Crippen LogP contribution in [0.1, 0.15) is 42.4 Å². The summed E-state index contributed by atoms with van der Waals surface area (Å²) in [5, 5.41) is 3.25. The van der Waals surface area contributed by atoms with Gasteiger partial charge < -0.3 is 9.80 Å². The number of likely N-dealkylation sites (tertiary alicyclic amines) is 1. The van der Waals surface area contributed by atoms with Crippen LogP contribution in [0.25, 0.3) is 0 Å². The van der Waals surface area contributed by atoms with Crippen molar-refractivity contribution in [3.63, 3.8) is 0 Å². The zero-order chi connectivity index (χ0) is 17.8. The van der Waals surface area contributed by atoms with Crippen molar-refractivity contribution in [1.29, 1.82) is 0 Å². The summed E-state index contributed by atoms with van der Waals surface area (Å²) in [4.78, 5) is 12.9. The maximum atomic E-state index is 12.9. The van der Waals surface area contributed by atoms with E-state index >= 15 is 0 Å². The Kier molecular flexibility index (Phi) is 7.25. The molecule has 27 heavy (non-hydrogen) atoms. The molecule has 1 aliphatic carbocycles. The Morgan fingerprint density at radius 1 is 0.889 bits per heavy atom. The van der Waals surface area contributed by atoms with Gasteiger partial charge in [-0.2, -0.15) is 0 Å². The monoisotopic (exact) mass is 438 g/mol. The predicted octanol–water partition coefficient (Wildman–Crippen LogP) is 4.31. The number of carbonyl (C=O) groups excluding carboxylic acids is 1. The van der Waals surface area contributed by atoms with Gasteiger partial charge in [-0.05, 0) is 55.7 Å². The molecule has 139 valence electrons. The maximum absolute atomic E-state index is 12.9. The molecule has 3 nitrogen and oxygen atoms in total. The Morgan fingerprint density at radius 2 is 1.67 bits per heavy atom. The molecule has 1 saturated heterocycles. The minimum Gasteiger partial charge on any atom is -0.321 e. The van der Waals surface area contributed by atoms with Crippen molar-refractivity contribution in [2.24, 2.45) is 0 Å². The Bertz CT molecular complexity index is 769. The summed E-state index contributed by atoms with van der Waals surface area (Å²) in [6.45, 7) is 3.75. The first-order chi connectivity index (χ1) is 12.7. The van der Waals surface area contributed by atoms with E-state index in [0.29, 0.717) is 6.54 Å². The van der Waals surface area contributed by atoms with E-state index in [-0.39, 0.29) is 38.6 Å². The Hall–Kier alpha value is -1.03. The Labute approximate surface area is 188 Å². The number of anilines is 1. The molecule has 2 aromatic rings. The van der Waals surface area contributed by atoms with Crippen LogP contribution < -0.4 is 5.32 Å². The van der Waals surface area contributed by atoms with Crippen LogP contribution >= 0.6 is 0 Å². The van der Waals surface area contributed by atoms with Gasteiger partial charge in [0.2, 0.25) is 0 Å². The minimum absolute atomic E-state index is 0. The fourth-order valence-electron chi connectivity index (χ4n) is 4.76. The summed E-state index contributed by atoms with van der Waals surface area (Å²) in [6.07, 6.45) is 7.18. The summed E-state index contributed by atoms with van der Waals surface area (Å²) in [5.74, 6) is 0.170. The number of amides is 1. The van der Waals surface area contributed by atoms with Gasteiger partial charge in [0.1, 0.15) is 6.54 Å². The average Bonchev–Trinajstić information content (AvgIpc) is 3.13. The normalized spacial score (nSPS) is 17.6. The largest absolute Gasteiger partial charge is 0.321 e. The van der Waals surface area contributed by atoms with Gasteiger partial charge in [0.05, 0.1) is 13.1 Å². The van der Waals surface area contributed by atoms with Gasteiger partial charge in [-0.1, -0.05) is 42.5 Å². The molecule has 0 unspecified atom stereocenters. The number of quaternary nitrogens is 1. The summed E-state index contributed by atoms with van der Waals surface area (Å²) >= 11 is 0. The van der Waals surface area contributed by atoms with Crippen LogP contribution in [0.4, 0.5) is 5.69 Å². The Morgan fingerprint density at radius 3 is 2.44 bits per heavy atom. The number of hydrogen-bond acceptors (Lipinski definition) is 1. The number of nitrogens with one attached hydrogen (secondary N) is 1. The van der Waals surface area contributed by atoms with E-state index in [1.54, 1.807) is 0 Å². The average molecular weight is 438 g/mol. The molecule has 0 saturated carbocycles. The number of piperidine rings is 1. The molecule has 1 heterocycles. The fraction of sp³-hybridized carbons (Fsp3) is 0.435. The molecule has 1 aliphatic heterocycles. The number of nitrogens with zero attached hydrogens (tertiary/aromatic N) is 1. The summed E-state index contributed by atoms with van der Waals surface area (Å²) in [7, 11) is 0. The van der Waals surface area contributed by atoms with Crippen molar-refractivity contribution in [3.05, 3.63) is 65.2 Å². The van der Waals surface area contributed by atoms with E-state index in [1.807, 2.05) is 0 Å². The van der Waals surface area contributed by atoms with Crippen molar-refractivity contribution < 1.29 is 42.0 Å². The van der Waals surface area contributed by atoms with Crippen LogP contribution in [0.5, 0.6) is 0 Å². The first-order valence-corrected chi connectivity index (χ1v) is 10.0. The van der Waals surface area contributed by atoms with Crippen LogP contribution in [0, 0.1) is 0 Å². The molecule has 2 aromatic carbocycles. The number of fused-ring (bicyclic) bond motifs is 1. The van der Waals surface area contributed by atoms with E-state index in [2.05, 4.69) is 53.8 Å². The second kappa shape index (κ2) is 9.45. The number of benzene rings is 2. The van der Waals surface area contributed by atoms with Crippen molar-refractivity contribution in [3.8, 4) is 0 Å². The number of rotatable bonds is 5. The van der Waals surface area contributed by atoms with Gasteiger partial charge in [-0.15, -0.1) is 0 Å². The van der Waals surface area contributed by atoms with Crippen molar-refractivity contribution >= 4 is 11.6 Å². The maximum Gasteiger partial charge on any atom is 0.279 e. The topological polar surface area (TPSA) is 29.1 Å². The Balaban J connectivity index is 0.00000210. The van der Waals surface area contributed by atoms with Gasteiger partial charge in [-0.25, -0.2) is 0 Å². The second-order valence-electron chi connectivity index (χ2n) is 8.00. The molecule has 4 heteroatoms.